The fraction of sp³-hybridized carbons (Fsp3) is 0.400. The fourth-order valence-electron chi connectivity index (χ4n) is 0.279. The zero-order valence-electron chi connectivity index (χ0n) is 4.98. The van der Waals surface area contributed by atoms with Gasteiger partial charge in [-0.2, -0.15) is 5.26 Å². The zero-order chi connectivity index (χ0) is 6.57. The summed E-state index contributed by atoms with van der Waals surface area (Å²) >= 11 is 0. The smallest absolute Gasteiger partial charge is 0.0957 e. The van der Waals surface area contributed by atoms with E-state index in [0.29, 0.717) is 11.5 Å². The SMILES string of the molecule is C[SiH](C)C(C#N)=CF. The normalized spacial score (nSPS) is 11.6. The average Bonchev–Trinajstić information content (AvgIpc) is 1.69. The molecule has 0 saturated heterocycles. The molecule has 3 heteroatoms. The summed E-state index contributed by atoms with van der Waals surface area (Å²) in [4.78, 5) is 0. The Bertz CT molecular complexity index is 134. The van der Waals surface area contributed by atoms with E-state index in [9.17, 15) is 4.39 Å². The molecule has 0 unspecified atom stereocenters. The second kappa shape index (κ2) is 3.39. The Kier molecular flexibility index (Phi) is 3.12. The Morgan fingerprint density at radius 2 is 2.25 bits per heavy atom. The minimum atomic E-state index is -1.16. The largest absolute Gasteiger partial charge is 0.215 e. The van der Waals surface area contributed by atoms with E-state index in [1.165, 1.54) is 0 Å². The molecule has 0 aromatic heterocycles. The summed E-state index contributed by atoms with van der Waals surface area (Å²) in [5.41, 5.74) is 0. The van der Waals surface area contributed by atoms with Gasteiger partial charge in [-0.15, -0.1) is 0 Å². The maximum Gasteiger partial charge on any atom is 0.0957 e. The lowest BCUT2D eigenvalue weighted by Gasteiger charge is -1.93. The van der Waals surface area contributed by atoms with Gasteiger partial charge in [0.15, 0.2) is 0 Å². The molecule has 0 aliphatic rings. The van der Waals surface area contributed by atoms with Crippen LogP contribution in [0.2, 0.25) is 13.1 Å². The fourth-order valence-corrected chi connectivity index (χ4v) is 0.790. The summed E-state index contributed by atoms with van der Waals surface area (Å²) in [6, 6.07) is 1.80. The maximum atomic E-state index is 11.6. The van der Waals surface area contributed by atoms with Gasteiger partial charge in [-0.25, -0.2) is 4.39 Å². The van der Waals surface area contributed by atoms with E-state index in [4.69, 9.17) is 5.26 Å². The Balaban J connectivity index is 3.98. The summed E-state index contributed by atoms with van der Waals surface area (Å²) < 4.78 is 11.6. The molecular formula is C5H8FNSi. The quantitative estimate of drug-likeness (QED) is 0.387. The van der Waals surface area contributed by atoms with Crippen molar-refractivity contribution < 1.29 is 4.39 Å². The van der Waals surface area contributed by atoms with Gasteiger partial charge in [-0.1, -0.05) is 13.1 Å². The summed E-state index contributed by atoms with van der Waals surface area (Å²) in [5, 5.41) is 8.51. The molecule has 0 N–H and O–H groups in total. The topological polar surface area (TPSA) is 23.8 Å². The van der Waals surface area contributed by atoms with Crippen LogP contribution in [-0.4, -0.2) is 8.80 Å². The molecule has 0 aromatic rings. The number of allylic oxidation sites excluding steroid dienone is 1. The molecule has 0 fully saturated rings. The van der Waals surface area contributed by atoms with Crippen LogP contribution in [0.4, 0.5) is 4.39 Å². The highest BCUT2D eigenvalue weighted by atomic mass is 28.3. The molecule has 0 rings (SSSR count). The first-order valence-electron chi connectivity index (χ1n) is 2.42. The summed E-state index contributed by atoms with van der Waals surface area (Å²) in [7, 11) is -1.16. The van der Waals surface area contributed by atoms with Crippen LogP contribution in [0.15, 0.2) is 11.5 Å². The second-order valence-electron chi connectivity index (χ2n) is 1.83. The molecule has 0 amide bonds. The predicted octanol–water partition coefficient (Wildman–Crippen LogP) is 1.39. The van der Waals surface area contributed by atoms with E-state index in [0.717, 1.165) is 0 Å². The van der Waals surface area contributed by atoms with Crippen LogP contribution in [0.25, 0.3) is 0 Å². The first kappa shape index (κ1) is 7.38. The van der Waals surface area contributed by atoms with Crippen molar-refractivity contribution >= 4 is 8.80 Å². The van der Waals surface area contributed by atoms with Gasteiger partial charge in [0.1, 0.15) is 0 Å². The van der Waals surface area contributed by atoms with Crippen molar-refractivity contribution in [2.45, 2.75) is 13.1 Å². The molecule has 0 spiro atoms. The zero-order valence-corrected chi connectivity index (χ0v) is 6.13. The van der Waals surface area contributed by atoms with E-state index in [-0.39, 0.29) is 0 Å². The molecule has 0 aliphatic carbocycles. The molecule has 0 bridgehead atoms. The number of hydrogen-bond donors (Lipinski definition) is 0. The maximum absolute atomic E-state index is 11.6. The first-order chi connectivity index (χ1) is 3.72. The highest BCUT2D eigenvalue weighted by Gasteiger charge is 2.00. The van der Waals surface area contributed by atoms with E-state index in [2.05, 4.69) is 0 Å². The van der Waals surface area contributed by atoms with E-state index in [1.807, 2.05) is 13.1 Å². The molecule has 0 saturated carbocycles. The number of rotatable bonds is 1. The van der Waals surface area contributed by atoms with Crippen LogP contribution in [0, 0.1) is 11.3 Å². The van der Waals surface area contributed by atoms with Crippen LogP contribution in [0.1, 0.15) is 0 Å². The van der Waals surface area contributed by atoms with Crippen LogP contribution in [0.3, 0.4) is 0 Å². The van der Waals surface area contributed by atoms with Crippen molar-refractivity contribution in [3.8, 4) is 6.07 Å². The minimum Gasteiger partial charge on any atom is -0.215 e. The van der Waals surface area contributed by atoms with Crippen molar-refractivity contribution in [1.82, 2.24) is 0 Å². The van der Waals surface area contributed by atoms with Crippen LogP contribution >= 0.6 is 0 Å². The highest BCUT2D eigenvalue weighted by Crippen LogP contribution is 1.97. The van der Waals surface area contributed by atoms with Gasteiger partial charge in [-0.3, -0.25) is 0 Å². The lowest BCUT2D eigenvalue weighted by atomic mass is 10.7. The average molecular weight is 129 g/mol. The first-order valence-corrected chi connectivity index (χ1v) is 5.31. The summed E-state index contributed by atoms with van der Waals surface area (Å²) in [5.74, 6) is 0. The third kappa shape index (κ3) is 1.89. The Hall–Kier alpha value is -0.623. The van der Waals surface area contributed by atoms with E-state index >= 15 is 0 Å². The van der Waals surface area contributed by atoms with Crippen molar-refractivity contribution in [3.05, 3.63) is 11.5 Å². The van der Waals surface area contributed by atoms with Crippen LogP contribution in [0.5, 0.6) is 0 Å². The van der Waals surface area contributed by atoms with Gasteiger partial charge in [0.05, 0.1) is 21.2 Å². The predicted molar refractivity (Wildman–Crippen MR) is 33.7 cm³/mol. The molecule has 0 atom stereocenters. The third-order valence-electron chi connectivity index (χ3n) is 0.869. The van der Waals surface area contributed by atoms with E-state index < -0.39 is 8.80 Å². The Morgan fingerprint density at radius 3 is 2.25 bits per heavy atom. The molecule has 0 radical (unpaired) electrons. The monoisotopic (exact) mass is 129 g/mol. The molecule has 8 heavy (non-hydrogen) atoms. The van der Waals surface area contributed by atoms with Crippen LogP contribution in [-0.2, 0) is 0 Å². The molecule has 0 aromatic carbocycles. The van der Waals surface area contributed by atoms with Gasteiger partial charge < -0.3 is 0 Å². The third-order valence-corrected chi connectivity index (χ3v) is 2.37. The summed E-state index contributed by atoms with van der Waals surface area (Å²) in [6.45, 7) is 3.82. The molecule has 0 heterocycles. The van der Waals surface area contributed by atoms with Gasteiger partial charge in [0, 0.05) is 5.20 Å². The van der Waals surface area contributed by atoms with Crippen molar-refractivity contribution in [3.63, 3.8) is 0 Å². The Labute approximate surface area is 50.0 Å². The number of halogens is 1. The highest BCUT2D eigenvalue weighted by molar-refractivity contribution is 6.65. The number of hydrogen-bond acceptors (Lipinski definition) is 1. The lowest BCUT2D eigenvalue weighted by Crippen LogP contribution is -2.02. The van der Waals surface area contributed by atoms with Gasteiger partial charge in [0.25, 0.3) is 0 Å². The van der Waals surface area contributed by atoms with Gasteiger partial charge in [-0.05, 0) is 0 Å². The summed E-state index contributed by atoms with van der Waals surface area (Å²) in [6.07, 6.45) is 0.414. The van der Waals surface area contributed by atoms with Gasteiger partial charge >= 0.3 is 0 Å². The van der Waals surface area contributed by atoms with Crippen molar-refractivity contribution in [2.75, 3.05) is 0 Å². The van der Waals surface area contributed by atoms with Crippen molar-refractivity contribution in [1.29, 1.82) is 5.26 Å². The number of nitriles is 1. The van der Waals surface area contributed by atoms with E-state index in [1.54, 1.807) is 6.07 Å². The molecule has 44 valence electrons. The van der Waals surface area contributed by atoms with Crippen molar-refractivity contribution in [2.24, 2.45) is 0 Å². The molecule has 0 aliphatic heterocycles. The molecule has 1 nitrogen and oxygen atoms in total. The Morgan fingerprint density at radius 1 is 1.75 bits per heavy atom. The second-order valence-corrected chi connectivity index (χ2v) is 4.76. The van der Waals surface area contributed by atoms with Crippen LogP contribution < -0.4 is 0 Å². The standard InChI is InChI=1S/C5H8FNSi/c1-8(2)5(3-6)4-7/h3,8H,1-2H3. The lowest BCUT2D eigenvalue weighted by molar-refractivity contribution is 0.719. The minimum absolute atomic E-state index is 0.338. The molecular weight excluding hydrogens is 121 g/mol. The number of nitrogens with zero attached hydrogens (tertiary/aromatic N) is 1. The van der Waals surface area contributed by atoms with Gasteiger partial charge in [0.2, 0.25) is 0 Å².